The van der Waals surface area contributed by atoms with Gasteiger partial charge in [0, 0.05) is 30.1 Å². The molecule has 0 aliphatic carbocycles. The Labute approximate surface area is 185 Å². The number of hydrogen-bond donors (Lipinski definition) is 0. The minimum absolute atomic E-state index is 0.0149. The van der Waals surface area contributed by atoms with Gasteiger partial charge < -0.3 is 18.8 Å². The highest BCUT2D eigenvalue weighted by atomic mass is 32.2. The number of aryl methyl sites for hydroxylation is 1. The Bertz CT molecular complexity index is 1060. The molecular formula is C21H27N5O4S. The van der Waals surface area contributed by atoms with Gasteiger partial charge >= 0.3 is 0 Å². The predicted octanol–water partition coefficient (Wildman–Crippen LogP) is 3.28. The fraction of sp³-hybridized carbons (Fsp3) is 0.429. The lowest BCUT2D eigenvalue weighted by molar-refractivity contribution is 0.102. The lowest BCUT2D eigenvalue weighted by Crippen LogP contribution is -2.15. The van der Waals surface area contributed by atoms with E-state index in [-0.39, 0.29) is 17.6 Å². The SMILES string of the molecule is COCC(C)n1c(C)cc(C(=O)CSc2nnnn2-c2cc(OC)ccc2OC)c1C. The second kappa shape index (κ2) is 9.97. The van der Waals surface area contributed by atoms with E-state index in [9.17, 15) is 4.79 Å². The quantitative estimate of drug-likeness (QED) is 0.347. The number of carbonyl (C=O) groups excluding carboxylic acids is 1. The first kappa shape index (κ1) is 22.8. The molecule has 2 heterocycles. The van der Waals surface area contributed by atoms with Gasteiger partial charge in [-0.3, -0.25) is 4.79 Å². The van der Waals surface area contributed by atoms with E-state index in [2.05, 4.69) is 27.0 Å². The van der Waals surface area contributed by atoms with E-state index < -0.39 is 0 Å². The molecule has 0 radical (unpaired) electrons. The number of thioether (sulfide) groups is 1. The summed E-state index contributed by atoms with van der Waals surface area (Å²) in [6, 6.07) is 7.44. The number of tetrazole rings is 1. The Morgan fingerprint density at radius 3 is 2.61 bits per heavy atom. The van der Waals surface area contributed by atoms with Crippen LogP contribution in [0.2, 0.25) is 0 Å². The van der Waals surface area contributed by atoms with E-state index in [0.717, 1.165) is 11.4 Å². The molecule has 3 aromatic rings. The zero-order valence-corrected chi connectivity index (χ0v) is 19.4. The first-order valence-corrected chi connectivity index (χ1v) is 10.7. The molecule has 31 heavy (non-hydrogen) atoms. The first-order chi connectivity index (χ1) is 14.9. The number of aromatic nitrogens is 5. The van der Waals surface area contributed by atoms with Crippen molar-refractivity contribution in [3.63, 3.8) is 0 Å². The van der Waals surface area contributed by atoms with Crippen LogP contribution in [0.5, 0.6) is 11.5 Å². The molecule has 9 nitrogen and oxygen atoms in total. The average molecular weight is 446 g/mol. The maximum absolute atomic E-state index is 13.0. The van der Waals surface area contributed by atoms with Gasteiger partial charge in [-0.25, -0.2) is 0 Å². The lowest BCUT2D eigenvalue weighted by Gasteiger charge is -2.17. The van der Waals surface area contributed by atoms with Crippen molar-refractivity contribution in [3.05, 3.63) is 41.2 Å². The molecule has 10 heteroatoms. The number of carbonyl (C=O) groups is 1. The molecule has 0 saturated heterocycles. The van der Waals surface area contributed by atoms with Gasteiger partial charge in [0.15, 0.2) is 5.78 Å². The van der Waals surface area contributed by atoms with Gasteiger partial charge in [0.1, 0.15) is 17.2 Å². The van der Waals surface area contributed by atoms with Gasteiger partial charge in [0.05, 0.1) is 32.6 Å². The Balaban J connectivity index is 1.81. The van der Waals surface area contributed by atoms with Crippen LogP contribution in [0.25, 0.3) is 5.69 Å². The summed E-state index contributed by atoms with van der Waals surface area (Å²) < 4.78 is 19.7. The highest BCUT2D eigenvalue weighted by molar-refractivity contribution is 7.99. The number of Topliss-reactive ketones (excluding diaryl/α,β-unsaturated/α-hetero) is 1. The van der Waals surface area contributed by atoms with Crippen LogP contribution in [0.4, 0.5) is 0 Å². The fourth-order valence-corrected chi connectivity index (χ4v) is 4.41. The van der Waals surface area contributed by atoms with Gasteiger partial charge in [-0.05, 0) is 49.4 Å². The summed E-state index contributed by atoms with van der Waals surface area (Å²) in [6.45, 7) is 6.61. The summed E-state index contributed by atoms with van der Waals surface area (Å²) in [5, 5.41) is 12.4. The highest BCUT2D eigenvalue weighted by Gasteiger charge is 2.21. The number of nitrogens with zero attached hydrogens (tertiary/aromatic N) is 5. The topological polar surface area (TPSA) is 93.3 Å². The molecule has 1 aromatic carbocycles. The summed E-state index contributed by atoms with van der Waals surface area (Å²) in [5.41, 5.74) is 3.29. The van der Waals surface area contributed by atoms with Crippen molar-refractivity contribution in [2.24, 2.45) is 0 Å². The average Bonchev–Trinajstić information content (AvgIpc) is 3.35. The minimum atomic E-state index is 0.0149. The Morgan fingerprint density at radius 2 is 1.94 bits per heavy atom. The number of ketones is 1. The molecule has 0 saturated carbocycles. The summed E-state index contributed by atoms with van der Waals surface area (Å²) in [4.78, 5) is 13.0. The van der Waals surface area contributed by atoms with E-state index >= 15 is 0 Å². The lowest BCUT2D eigenvalue weighted by atomic mass is 10.2. The maximum atomic E-state index is 13.0. The second-order valence-electron chi connectivity index (χ2n) is 7.08. The highest BCUT2D eigenvalue weighted by Crippen LogP contribution is 2.30. The smallest absolute Gasteiger partial charge is 0.214 e. The van der Waals surface area contributed by atoms with Gasteiger partial charge in [-0.15, -0.1) is 5.10 Å². The van der Waals surface area contributed by atoms with Crippen LogP contribution < -0.4 is 9.47 Å². The molecule has 1 unspecified atom stereocenters. The molecule has 1 atom stereocenters. The van der Waals surface area contributed by atoms with E-state index in [1.54, 1.807) is 44.2 Å². The number of benzene rings is 1. The molecule has 166 valence electrons. The van der Waals surface area contributed by atoms with Gasteiger partial charge in [0.2, 0.25) is 5.16 Å². The van der Waals surface area contributed by atoms with Crippen molar-refractivity contribution in [2.75, 3.05) is 33.7 Å². The Morgan fingerprint density at radius 1 is 1.16 bits per heavy atom. The van der Waals surface area contributed by atoms with Crippen molar-refractivity contribution in [1.29, 1.82) is 0 Å². The number of hydrogen-bond acceptors (Lipinski definition) is 8. The van der Waals surface area contributed by atoms with Crippen molar-refractivity contribution in [2.45, 2.75) is 32.0 Å². The molecular weight excluding hydrogens is 418 g/mol. The van der Waals surface area contributed by atoms with Crippen LogP contribution in [0.3, 0.4) is 0 Å². The van der Waals surface area contributed by atoms with Crippen LogP contribution in [-0.2, 0) is 4.74 Å². The molecule has 2 aromatic heterocycles. The predicted molar refractivity (Wildman–Crippen MR) is 118 cm³/mol. The van der Waals surface area contributed by atoms with Crippen LogP contribution in [0.1, 0.15) is 34.7 Å². The first-order valence-electron chi connectivity index (χ1n) is 9.75. The fourth-order valence-electron chi connectivity index (χ4n) is 3.64. The minimum Gasteiger partial charge on any atom is -0.497 e. The standard InChI is InChI=1S/C21H27N5O4S/c1-13-9-17(15(3)25(13)14(2)11-28-4)19(27)12-31-21-22-23-24-26(21)18-10-16(29-5)7-8-20(18)30-6/h7-10,14H,11-12H2,1-6H3. The summed E-state index contributed by atoms with van der Waals surface area (Å²) in [7, 11) is 4.84. The van der Waals surface area contributed by atoms with Crippen molar-refractivity contribution in [3.8, 4) is 17.2 Å². The van der Waals surface area contributed by atoms with Crippen molar-refractivity contribution < 1.29 is 19.0 Å². The number of rotatable bonds is 10. The van der Waals surface area contributed by atoms with Crippen molar-refractivity contribution >= 4 is 17.5 Å². The molecule has 0 spiro atoms. The normalized spacial score (nSPS) is 12.1. The molecule has 0 N–H and O–H groups in total. The zero-order chi connectivity index (χ0) is 22.5. The molecule has 3 rings (SSSR count). The summed E-state index contributed by atoms with van der Waals surface area (Å²) >= 11 is 1.27. The van der Waals surface area contributed by atoms with Gasteiger partial charge in [0.25, 0.3) is 0 Å². The Kier molecular flexibility index (Phi) is 7.34. The van der Waals surface area contributed by atoms with Crippen molar-refractivity contribution in [1.82, 2.24) is 24.8 Å². The monoisotopic (exact) mass is 445 g/mol. The van der Waals surface area contributed by atoms with Crippen LogP contribution in [-0.4, -0.2) is 64.2 Å². The molecule has 0 bridgehead atoms. The number of ether oxygens (including phenoxy) is 3. The maximum Gasteiger partial charge on any atom is 0.214 e. The summed E-state index contributed by atoms with van der Waals surface area (Å²) in [6.07, 6.45) is 0. The van der Waals surface area contributed by atoms with Crippen LogP contribution in [0, 0.1) is 13.8 Å². The molecule has 0 aliphatic rings. The van der Waals surface area contributed by atoms with Crippen LogP contribution in [0.15, 0.2) is 29.4 Å². The van der Waals surface area contributed by atoms with E-state index in [1.165, 1.54) is 11.8 Å². The molecule has 0 aliphatic heterocycles. The van der Waals surface area contributed by atoms with Gasteiger partial charge in [-0.1, -0.05) is 11.8 Å². The molecule has 0 amide bonds. The molecule has 0 fully saturated rings. The third-order valence-corrected chi connectivity index (χ3v) is 5.94. The second-order valence-corrected chi connectivity index (χ2v) is 8.02. The third kappa shape index (κ3) is 4.75. The number of methoxy groups -OCH3 is 3. The zero-order valence-electron chi connectivity index (χ0n) is 18.6. The van der Waals surface area contributed by atoms with E-state index in [1.807, 2.05) is 19.9 Å². The Hall–Kier alpha value is -2.85. The third-order valence-electron chi connectivity index (χ3n) is 5.02. The van der Waals surface area contributed by atoms with E-state index in [0.29, 0.717) is 34.5 Å². The summed E-state index contributed by atoms with van der Waals surface area (Å²) in [5.74, 6) is 1.46. The van der Waals surface area contributed by atoms with E-state index in [4.69, 9.17) is 14.2 Å². The van der Waals surface area contributed by atoms with Gasteiger partial charge in [-0.2, -0.15) is 4.68 Å². The van der Waals surface area contributed by atoms with Crippen LogP contribution >= 0.6 is 11.8 Å². The largest absolute Gasteiger partial charge is 0.497 e.